The van der Waals surface area contributed by atoms with Crippen molar-refractivity contribution in [1.82, 2.24) is 14.8 Å². The monoisotopic (exact) mass is 486 g/mol. The molecule has 5 rings (SSSR count). The van der Waals surface area contributed by atoms with E-state index in [9.17, 15) is 9.59 Å². The fraction of sp³-hybridized carbons (Fsp3) is 0.414. The highest BCUT2D eigenvalue weighted by molar-refractivity contribution is 6.04. The van der Waals surface area contributed by atoms with Gasteiger partial charge in [0.2, 0.25) is 0 Å². The molecule has 0 spiro atoms. The molecule has 2 aliphatic heterocycles. The van der Waals surface area contributed by atoms with Crippen molar-refractivity contribution < 1.29 is 9.21 Å². The number of para-hydroxylation sites is 1. The van der Waals surface area contributed by atoms with Crippen LogP contribution in [0.15, 0.2) is 75.0 Å². The van der Waals surface area contributed by atoms with Gasteiger partial charge in [0.05, 0.1) is 23.9 Å². The average molecular weight is 487 g/mol. The van der Waals surface area contributed by atoms with Crippen LogP contribution in [0.25, 0.3) is 11.0 Å². The molecule has 1 fully saturated rings. The molecule has 0 saturated carbocycles. The Labute approximate surface area is 212 Å². The van der Waals surface area contributed by atoms with Gasteiger partial charge in [-0.1, -0.05) is 62.4 Å². The van der Waals surface area contributed by atoms with Crippen LogP contribution in [-0.4, -0.2) is 65.2 Å². The minimum Gasteiger partial charge on any atom is -0.422 e. The molecule has 1 saturated heterocycles. The normalized spacial score (nSPS) is 19.2. The summed E-state index contributed by atoms with van der Waals surface area (Å²) in [5.74, 6) is -0.0367. The zero-order valence-corrected chi connectivity index (χ0v) is 21.1. The molecule has 1 amide bonds. The van der Waals surface area contributed by atoms with Crippen LogP contribution in [0.5, 0.6) is 0 Å². The number of hydrogen-bond donors (Lipinski definition) is 0. The lowest BCUT2D eigenvalue weighted by Crippen LogP contribution is -2.47. The van der Waals surface area contributed by atoms with Gasteiger partial charge in [-0.05, 0) is 43.6 Å². The van der Waals surface area contributed by atoms with Crippen LogP contribution in [-0.2, 0) is 4.79 Å². The van der Waals surface area contributed by atoms with Gasteiger partial charge in [-0.3, -0.25) is 9.69 Å². The number of nitrogens with zero attached hydrogens (tertiary/aromatic N) is 4. The van der Waals surface area contributed by atoms with E-state index >= 15 is 0 Å². The Bertz CT molecular complexity index is 1290. The average Bonchev–Trinajstić information content (AvgIpc) is 3.36. The highest BCUT2D eigenvalue weighted by atomic mass is 16.4. The second kappa shape index (κ2) is 10.8. The summed E-state index contributed by atoms with van der Waals surface area (Å²) in [6.45, 7) is 8.69. The van der Waals surface area contributed by atoms with Gasteiger partial charge in [0.15, 0.2) is 0 Å². The van der Waals surface area contributed by atoms with Crippen LogP contribution in [0.1, 0.15) is 50.3 Å². The Morgan fingerprint density at radius 2 is 1.72 bits per heavy atom. The van der Waals surface area contributed by atoms with Crippen molar-refractivity contribution in [2.45, 2.75) is 45.2 Å². The van der Waals surface area contributed by atoms with Gasteiger partial charge in [-0.2, -0.15) is 5.10 Å². The van der Waals surface area contributed by atoms with Gasteiger partial charge < -0.3 is 9.32 Å². The Morgan fingerprint density at radius 3 is 2.44 bits per heavy atom. The van der Waals surface area contributed by atoms with E-state index < -0.39 is 5.63 Å². The number of rotatable bonds is 7. The summed E-state index contributed by atoms with van der Waals surface area (Å²) in [5, 5.41) is 7.16. The third-order valence-corrected chi connectivity index (χ3v) is 7.55. The van der Waals surface area contributed by atoms with E-state index in [1.54, 1.807) is 11.1 Å². The molecule has 0 radical (unpaired) electrons. The Hall–Kier alpha value is -3.29. The van der Waals surface area contributed by atoms with Gasteiger partial charge in [0.1, 0.15) is 5.58 Å². The van der Waals surface area contributed by atoms with Crippen molar-refractivity contribution in [3.05, 3.63) is 82.2 Å². The molecule has 2 aliphatic rings. The first-order chi connectivity index (χ1) is 17.6. The molecule has 7 heteroatoms. The minimum absolute atomic E-state index is 0.0367. The molecule has 36 heavy (non-hydrogen) atoms. The maximum atomic E-state index is 13.6. The third-order valence-electron chi connectivity index (χ3n) is 7.55. The second-order valence-electron chi connectivity index (χ2n) is 9.63. The maximum absolute atomic E-state index is 13.6. The predicted molar refractivity (Wildman–Crippen MR) is 142 cm³/mol. The fourth-order valence-corrected chi connectivity index (χ4v) is 5.55. The van der Waals surface area contributed by atoms with Gasteiger partial charge >= 0.3 is 5.63 Å². The topological polar surface area (TPSA) is 69.4 Å². The van der Waals surface area contributed by atoms with Crippen LogP contribution in [0.2, 0.25) is 0 Å². The van der Waals surface area contributed by atoms with E-state index in [0.29, 0.717) is 35.9 Å². The number of hydrazone groups is 1. The number of piperidine rings is 1. The largest absolute Gasteiger partial charge is 0.422 e. The molecule has 1 atom stereocenters. The lowest BCUT2D eigenvalue weighted by molar-refractivity contribution is -0.134. The Balaban J connectivity index is 1.38. The van der Waals surface area contributed by atoms with E-state index in [1.165, 1.54) is 0 Å². The maximum Gasteiger partial charge on any atom is 0.345 e. The Kier molecular flexibility index (Phi) is 7.30. The number of hydrogen-bond acceptors (Lipinski definition) is 6. The summed E-state index contributed by atoms with van der Waals surface area (Å²) in [7, 11) is 0. The molecule has 0 bridgehead atoms. The number of carbonyl (C=O) groups is 1. The molecule has 7 nitrogen and oxygen atoms in total. The molecule has 3 heterocycles. The number of amides is 1. The van der Waals surface area contributed by atoms with Crippen LogP contribution in [0, 0.1) is 0 Å². The molecular formula is C29H34N4O3. The van der Waals surface area contributed by atoms with Gasteiger partial charge in [0.25, 0.3) is 5.91 Å². The fourth-order valence-electron chi connectivity index (χ4n) is 5.55. The van der Waals surface area contributed by atoms with Crippen LogP contribution in [0.4, 0.5) is 0 Å². The number of benzene rings is 2. The van der Waals surface area contributed by atoms with E-state index in [-0.39, 0.29) is 11.9 Å². The van der Waals surface area contributed by atoms with Crippen molar-refractivity contribution in [2.24, 2.45) is 5.10 Å². The molecule has 0 N–H and O–H groups in total. The van der Waals surface area contributed by atoms with E-state index in [0.717, 1.165) is 50.0 Å². The van der Waals surface area contributed by atoms with Crippen LogP contribution in [0.3, 0.4) is 0 Å². The summed E-state index contributed by atoms with van der Waals surface area (Å²) < 4.78 is 5.56. The van der Waals surface area contributed by atoms with E-state index in [1.807, 2.05) is 54.6 Å². The first kappa shape index (κ1) is 24.4. The summed E-state index contributed by atoms with van der Waals surface area (Å²) >= 11 is 0. The number of likely N-dealkylation sites (tertiary alicyclic amines) is 1. The highest BCUT2D eigenvalue weighted by Gasteiger charge is 2.35. The molecule has 188 valence electrons. The first-order valence-electron chi connectivity index (χ1n) is 13.0. The zero-order valence-electron chi connectivity index (χ0n) is 21.1. The standard InChI is InChI=1S/C29H34N4O3/c1-3-32(4-2)23-14-16-31(17-15-23)20-28(34)33-26(21-10-6-5-7-11-21)19-25(30-33)24-18-22-12-8-9-13-27(22)36-29(24)35/h5-13,18,23,26H,3-4,14-17,19-20H2,1-2H3. The summed E-state index contributed by atoms with van der Waals surface area (Å²) in [6.07, 6.45) is 2.62. The van der Waals surface area contributed by atoms with Crippen molar-refractivity contribution in [2.75, 3.05) is 32.7 Å². The van der Waals surface area contributed by atoms with Crippen molar-refractivity contribution in [1.29, 1.82) is 0 Å². The lowest BCUT2D eigenvalue weighted by atomic mass is 9.98. The molecule has 2 aromatic carbocycles. The van der Waals surface area contributed by atoms with Crippen molar-refractivity contribution >= 4 is 22.6 Å². The van der Waals surface area contributed by atoms with Crippen molar-refractivity contribution in [3.63, 3.8) is 0 Å². The summed E-state index contributed by atoms with van der Waals surface area (Å²) in [5.41, 5.74) is 2.15. The van der Waals surface area contributed by atoms with Crippen LogP contribution < -0.4 is 5.63 Å². The molecular weight excluding hydrogens is 452 g/mol. The Morgan fingerprint density at radius 1 is 1.03 bits per heavy atom. The molecule has 0 aliphatic carbocycles. The number of fused-ring (bicyclic) bond motifs is 1. The second-order valence-corrected chi connectivity index (χ2v) is 9.63. The molecule has 1 aromatic heterocycles. The van der Waals surface area contributed by atoms with Crippen LogP contribution >= 0.6 is 0 Å². The SMILES string of the molecule is CCN(CC)C1CCN(CC(=O)N2N=C(c3cc4ccccc4oc3=O)CC2c2ccccc2)CC1. The molecule has 1 unspecified atom stereocenters. The predicted octanol–water partition coefficient (Wildman–Crippen LogP) is 4.28. The molecule has 3 aromatic rings. The quantitative estimate of drug-likeness (QED) is 0.467. The van der Waals surface area contributed by atoms with Gasteiger partial charge in [-0.25, -0.2) is 9.80 Å². The van der Waals surface area contributed by atoms with E-state index in [4.69, 9.17) is 9.52 Å². The third kappa shape index (κ3) is 4.99. The minimum atomic E-state index is -0.424. The van der Waals surface area contributed by atoms with Crippen molar-refractivity contribution in [3.8, 4) is 0 Å². The van der Waals surface area contributed by atoms with Gasteiger partial charge in [0, 0.05) is 30.9 Å². The smallest absolute Gasteiger partial charge is 0.345 e. The zero-order chi connectivity index (χ0) is 25.1. The summed E-state index contributed by atoms with van der Waals surface area (Å²) in [4.78, 5) is 31.1. The lowest BCUT2D eigenvalue weighted by Gasteiger charge is -2.37. The number of carbonyl (C=O) groups excluding carboxylic acids is 1. The highest BCUT2D eigenvalue weighted by Crippen LogP contribution is 2.33. The summed E-state index contributed by atoms with van der Waals surface area (Å²) in [6, 6.07) is 19.6. The van der Waals surface area contributed by atoms with Gasteiger partial charge in [-0.15, -0.1) is 0 Å². The first-order valence-corrected chi connectivity index (χ1v) is 13.0. The van der Waals surface area contributed by atoms with E-state index in [2.05, 4.69) is 23.6 Å².